The van der Waals surface area contributed by atoms with E-state index in [0.29, 0.717) is 22.3 Å². The lowest BCUT2D eigenvalue weighted by molar-refractivity contribution is 0.102. The van der Waals surface area contributed by atoms with Crippen LogP contribution in [0.25, 0.3) is 0 Å². The van der Waals surface area contributed by atoms with Gasteiger partial charge in [0.05, 0.1) is 0 Å². The fourth-order valence-corrected chi connectivity index (χ4v) is 3.11. The minimum atomic E-state index is -0.245. The lowest BCUT2D eigenvalue weighted by atomic mass is 10.1. The minimum absolute atomic E-state index is 0.245. The van der Waals surface area contributed by atoms with E-state index in [4.69, 9.17) is 5.73 Å². The summed E-state index contributed by atoms with van der Waals surface area (Å²) in [6.45, 7) is 4.23. The lowest BCUT2D eigenvalue weighted by Crippen LogP contribution is -2.12. The maximum atomic E-state index is 12.1. The smallest absolute Gasteiger partial charge is 0.257 e. The maximum Gasteiger partial charge on any atom is 0.257 e. The highest BCUT2D eigenvalue weighted by atomic mass is 79.9. The molecule has 3 N–H and O–H groups in total. The Morgan fingerprint density at radius 3 is 2.80 bits per heavy atom. The first-order valence-electron chi connectivity index (χ1n) is 6.14. The number of anilines is 2. The molecule has 0 saturated heterocycles. The average Bonchev–Trinajstić information content (AvgIpc) is 2.74. The van der Waals surface area contributed by atoms with Crippen molar-refractivity contribution in [1.82, 2.24) is 10.2 Å². The molecule has 0 aliphatic carbocycles. The number of hydrogen-bond acceptors (Lipinski definition) is 5. The Labute approximate surface area is 129 Å². The molecule has 106 valence electrons. The van der Waals surface area contributed by atoms with E-state index in [9.17, 15) is 4.79 Å². The van der Waals surface area contributed by atoms with Gasteiger partial charge in [0.15, 0.2) is 0 Å². The Balaban J connectivity index is 2.09. The van der Waals surface area contributed by atoms with Gasteiger partial charge in [-0.3, -0.25) is 10.1 Å². The first-order valence-corrected chi connectivity index (χ1v) is 7.75. The number of carbonyl (C=O) groups is 1. The molecule has 2 aromatic rings. The van der Waals surface area contributed by atoms with Gasteiger partial charge < -0.3 is 5.73 Å². The molecule has 2 rings (SSSR count). The topological polar surface area (TPSA) is 80.9 Å². The lowest BCUT2D eigenvalue weighted by Gasteiger charge is -2.03. The largest absolute Gasteiger partial charge is 0.399 e. The van der Waals surface area contributed by atoms with Crippen LogP contribution in [0, 0.1) is 5.92 Å². The van der Waals surface area contributed by atoms with Gasteiger partial charge in [-0.15, -0.1) is 10.2 Å². The van der Waals surface area contributed by atoms with Crippen molar-refractivity contribution in [3.05, 3.63) is 33.2 Å². The van der Waals surface area contributed by atoms with Crippen LogP contribution in [-0.2, 0) is 6.42 Å². The highest BCUT2D eigenvalue weighted by molar-refractivity contribution is 9.10. The SMILES string of the molecule is CC(C)Cc1nnc(NC(=O)c2cc(N)cc(Br)c2)s1. The van der Waals surface area contributed by atoms with E-state index in [2.05, 4.69) is 45.3 Å². The molecule has 0 radical (unpaired) electrons. The molecule has 7 heteroatoms. The predicted octanol–water partition coefficient (Wildman–Crippen LogP) is 3.33. The van der Waals surface area contributed by atoms with Crippen molar-refractivity contribution in [2.45, 2.75) is 20.3 Å². The first kappa shape index (κ1) is 14.9. The summed E-state index contributed by atoms with van der Waals surface area (Å²) in [5.41, 5.74) is 6.73. The summed E-state index contributed by atoms with van der Waals surface area (Å²) in [6, 6.07) is 5.07. The third-order valence-electron chi connectivity index (χ3n) is 2.45. The molecule has 1 amide bonds. The van der Waals surface area contributed by atoms with E-state index < -0.39 is 0 Å². The number of amides is 1. The van der Waals surface area contributed by atoms with Crippen LogP contribution in [0.4, 0.5) is 10.8 Å². The normalized spacial score (nSPS) is 10.8. The Morgan fingerprint density at radius 2 is 2.15 bits per heavy atom. The van der Waals surface area contributed by atoms with Gasteiger partial charge in [0.25, 0.3) is 5.91 Å². The zero-order valence-corrected chi connectivity index (χ0v) is 13.6. The van der Waals surface area contributed by atoms with Crippen molar-refractivity contribution in [1.29, 1.82) is 0 Å². The number of nitrogen functional groups attached to an aromatic ring is 1. The zero-order valence-electron chi connectivity index (χ0n) is 11.2. The molecule has 0 fully saturated rings. The fourth-order valence-electron chi connectivity index (χ4n) is 1.65. The van der Waals surface area contributed by atoms with Crippen molar-refractivity contribution in [2.24, 2.45) is 5.92 Å². The van der Waals surface area contributed by atoms with Gasteiger partial charge in [0.2, 0.25) is 5.13 Å². The van der Waals surface area contributed by atoms with E-state index >= 15 is 0 Å². The molecule has 1 aromatic heterocycles. The van der Waals surface area contributed by atoms with Crippen LogP contribution in [0.3, 0.4) is 0 Å². The van der Waals surface area contributed by atoms with E-state index in [0.717, 1.165) is 15.9 Å². The summed E-state index contributed by atoms with van der Waals surface area (Å²) in [7, 11) is 0. The van der Waals surface area contributed by atoms with Gasteiger partial charge in [-0.1, -0.05) is 41.1 Å². The van der Waals surface area contributed by atoms with Crippen LogP contribution >= 0.6 is 27.3 Å². The quantitative estimate of drug-likeness (QED) is 0.825. The Morgan fingerprint density at radius 1 is 1.40 bits per heavy atom. The van der Waals surface area contributed by atoms with E-state index in [1.54, 1.807) is 18.2 Å². The van der Waals surface area contributed by atoms with Crippen molar-refractivity contribution in [3.63, 3.8) is 0 Å². The second kappa shape index (κ2) is 6.32. The molecule has 5 nitrogen and oxygen atoms in total. The number of halogens is 1. The van der Waals surface area contributed by atoms with Gasteiger partial charge in [-0.2, -0.15) is 0 Å². The number of carbonyl (C=O) groups excluding carboxylic acids is 1. The number of hydrogen-bond donors (Lipinski definition) is 2. The monoisotopic (exact) mass is 354 g/mol. The number of nitrogens with one attached hydrogen (secondary N) is 1. The molecule has 0 atom stereocenters. The van der Waals surface area contributed by atoms with Gasteiger partial charge in [0.1, 0.15) is 5.01 Å². The van der Waals surface area contributed by atoms with Crippen LogP contribution < -0.4 is 11.1 Å². The van der Waals surface area contributed by atoms with E-state index in [-0.39, 0.29) is 5.91 Å². The van der Waals surface area contributed by atoms with Crippen molar-refractivity contribution >= 4 is 44.0 Å². The van der Waals surface area contributed by atoms with Gasteiger partial charge in [-0.05, 0) is 24.1 Å². The standard InChI is InChI=1S/C13H15BrN4OS/c1-7(2)3-11-17-18-13(20-11)16-12(19)8-4-9(14)6-10(15)5-8/h4-7H,3,15H2,1-2H3,(H,16,18,19). The number of nitrogens with two attached hydrogens (primary N) is 1. The van der Waals surface area contributed by atoms with Crippen molar-refractivity contribution in [3.8, 4) is 0 Å². The average molecular weight is 355 g/mol. The molecular formula is C13H15BrN4OS. The maximum absolute atomic E-state index is 12.1. The number of nitrogens with zero attached hydrogens (tertiary/aromatic N) is 2. The Hall–Kier alpha value is -1.47. The van der Waals surface area contributed by atoms with Crippen LogP contribution in [0.1, 0.15) is 29.2 Å². The molecule has 0 unspecified atom stereocenters. The second-order valence-electron chi connectivity index (χ2n) is 4.83. The summed E-state index contributed by atoms with van der Waals surface area (Å²) in [5.74, 6) is 0.265. The summed E-state index contributed by atoms with van der Waals surface area (Å²) in [4.78, 5) is 12.1. The molecule has 0 aliphatic rings. The molecule has 20 heavy (non-hydrogen) atoms. The van der Waals surface area contributed by atoms with Gasteiger partial charge in [-0.25, -0.2) is 0 Å². The highest BCUT2D eigenvalue weighted by Gasteiger charge is 2.12. The molecule has 0 spiro atoms. The van der Waals surface area contributed by atoms with Crippen LogP contribution in [0.2, 0.25) is 0 Å². The first-order chi connectivity index (χ1) is 9.44. The number of rotatable bonds is 4. The van der Waals surface area contributed by atoms with Crippen molar-refractivity contribution < 1.29 is 4.79 Å². The Kier molecular flexibility index (Phi) is 4.72. The second-order valence-corrected chi connectivity index (χ2v) is 6.80. The van der Waals surface area contributed by atoms with Crippen LogP contribution in [0.15, 0.2) is 22.7 Å². The van der Waals surface area contributed by atoms with Crippen LogP contribution in [-0.4, -0.2) is 16.1 Å². The van der Waals surface area contributed by atoms with Gasteiger partial charge >= 0.3 is 0 Å². The van der Waals surface area contributed by atoms with Crippen LogP contribution in [0.5, 0.6) is 0 Å². The summed E-state index contributed by atoms with van der Waals surface area (Å²) in [5, 5.41) is 12.2. The molecule has 1 aromatic carbocycles. The molecule has 1 heterocycles. The van der Waals surface area contributed by atoms with Crippen molar-refractivity contribution in [2.75, 3.05) is 11.1 Å². The number of benzene rings is 1. The summed E-state index contributed by atoms with van der Waals surface area (Å²) < 4.78 is 0.764. The summed E-state index contributed by atoms with van der Waals surface area (Å²) >= 11 is 4.71. The third-order valence-corrected chi connectivity index (χ3v) is 3.77. The highest BCUT2D eigenvalue weighted by Crippen LogP contribution is 2.21. The molecular weight excluding hydrogens is 340 g/mol. The molecule has 0 bridgehead atoms. The van der Waals surface area contributed by atoms with E-state index in [1.807, 2.05) is 0 Å². The summed E-state index contributed by atoms with van der Waals surface area (Å²) in [6.07, 6.45) is 0.859. The van der Waals surface area contributed by atoms with E-state index in [1.165, 1.54) is 11.3 Å². The minimum Gasteiger partial charge on any atom is -0.399 e. The molecule has 0 aliphatic heterocycles. The third kappa shape index (κ3) is 4.01. The Bertz CT molecular complexity index is 606. The van der Waals surface area contributed by atoms with Gasteiger partial charge in [0, 0.05) is 22.1 Å². The predicted molar refractivity (Wildman–Crippen MR) is 85.0 cm³/mol. The molecule has 0 saturated carbocycles. The zero-order chi connectivity index (χ0) is 14.7. The fraction of sp³-hybridized carbons (Fsp3) is 0.308. The number of aromatic nitrogens is 2.